The Labute approximate surface area is 218 Å². The predicted octanol–water partition coefficient (Wildman–Crippen LogP) is -1.08. The summed E-state index contributed by atoms with van der Waals surface area (Å²) in [6.45, 7) is 4.99. The molecule has 1 aliphatic rings. The van der Waals surface area contributed by atoms with Crippen molar-refractivity contribution in [2.45, 2.75) is 25.1 Å². The molecule has 1 aromatic carbocycles. The number of para-hydroxylation sites is 1. The minimum Gasteiger partial charge on any atom is -0.494 e. The molecule has 37 heavy (non-hydrogen) atoms. The minimum absolute atomic E-state index is 0.0621. The molecule has 12 nitrogen and oxygen atoms in total. The van der Waals surface area contributed by atoms with Crippen molar-refractivity contribution in [3.63, 3.8) is 0 Å². The maximum absolute atomic E-state index is 13.2. The monoisotopic (exact) mass is 501 g/mol. The number of hydrogen-bond donors (Lipinski definition) is 2. The summed E-state index contributed by atoms with van der Waals surface area (Å²) >= 11 is 0. The van der Waals surface area contributed by atoms with Crippen molar-refractivity contribution in [3.8, 4) is 17.1 Å². The van der Waals surface area contributed by atoms with Gasteiger partial charge in [-0.3, -0.25) is 14.4 Å². The van der Waals surface area contributed by atoms with E-state index in [1.54, 1.807) is 41.0 Å². The Hall–Kier alpha value is -4.03. The molecule has 1 fully saturated rings. The molecule has 190 valence electrons. The van der Waals surface area contributed by atoms with E-state index in [2.05, 4.69) is 30.9 Å². The fraction of sp³-hybridized carbons (Fsp3) is 0.364. The Morgan fingerprint density at radius 3 is 2.51 bits per heavy atom. The molecule has 0 radical (unpaired) electrons. The summed E-state index contributed by atoms with van der Waals surface area (Å²) in [5.74, 6) is 0.952. The zero-order chi connectivity index (χ0) is 26.9. The lowest BCUT2D eigenvalue weighted by Crippen LogP contribution is -2.50. The van der Waals surface area contributed by atoms with Gasteiger partial charge in [0.05, 0.1) is 24.0 Å². The molecule has 2 aromatic heterocycles. The van der Waals surface area contributed by atoms with Crippen molar-refractivity contribution in [3.05, 3.63) is 36.3 Å². The summed E-state index contributed by atoms with van der Waals surface area (Å²) in [6, 6.07) is 7.09. The van der Waals surface area contributed by atoms with Crippen molar-refractivity contribution in [2.75, 3.05) is 30.4 Å². The maximum atomic E-state index is 13.2. The van der Waals surface area contributed by atoms with Crippen LogP contribution in [0.3, 0.4) is 0 Å². The van der Waals surface area contributed by atoms with Gasteiger partial charge < -0.3 is 20.3 Å². The fourth-order valence-electron chi connectivity index (χ4n) is 4.06. The van der Waals surface area contributed by atoms with Crippen molar-refractivity contribution in [1.82, 2.24) is 35.2 Å². The number of urea groups is 1. The first-order valence-corrected chi connectivity index (χ1v) is 12.1. The van der Waals surface area contributed by atoms with Crippen LogP contribution in [0.15, 0.2) is 30.6 Å². The molecule has 0 saturated carbocycles. The van der Waals surface area contributed by atoms with Crippen LogP contribution in [0.25, 0.3) is 11.4 Å². The molecule has 1 saturated heterocycles. The summed E-state index contributed by atoms with van der Waals surface area (Å²) < 4.78 is 7.33. The molecular formula is C22H30B3N9O3. The number of carbonyl (C=O) groups excluding carboxylic acids is 2. The highest BCUT2D eigenvalue weighted by atomic mass is 16.5. The first-order chi connectivity index (χ1) is 17.5. The molecule has 1 aliphatic heterocycles. The molecule has 2 N–H and O–H groups in total. The first-order valence-electron chi connectivity index (χ1n) is 12.1. The second-order valence-corrected chi connectivity index (χ2v) is 10.1. The summed E-state index contributed by atoms with van der Waals surface area (Å²) in [5, 5.41) is 18.6. The van der Waals surface area contributed by atoms with E-state index >= 15 is 0 Å². The van der Waals surface area contributed by atoms with Crippen LogP contribution in [0.5, 0.6) is 5.75 Å². The van der Waals surface area contributed by atoms with Gasteiger partial charge in [-0.2, -0.15) is 5.10 Å². The number of hydrogen-bond acceptors (Lipinski definition) is 8. The Balaban J connectivity index is 1.77. The van der Waals surface area contributed by atoms with Gasteiger partial charge in [-0.25, -0.2) is 9.78 Å². The lowest BCUT2D eigenvalue weighted by atomic mass is 9.49. The molecule has 0 spiro atoms. The van der Waals surface area contributed by atoms with Crippen LogP contribution in [-0.2, 0) is 7.05 Å². The average molecular weight is 501 g/mol. The highest BCUT2D eigenvalue weighted by Crippen LogP contribution is 2.37. The highest BCUT2D eigenvalue weighted by Gasteiger charge is 2.33. The van der Waals surface area contributed by atoms with Crippen LogP contribution in [0, 0.1) is 0 Å². The van der Waals surface area contributed by atoms with Gasteiger partial charge in [0, 0.05) is 32.2 Å². The quantitative estimate of drug-likeness (QED) is 0.373. The number of aromatic nitrogens is 5. The van der Waals surface area contributed by atoms with Crippen LogP contribution in [0.1, 0.15) is 24.3 Å². The number of ether oxygens (including phenoxy) is 1. The molecule has 0 aliphatic carbocycles. The number of rotatable bonds is 8. The maximum Gasteiger partial charge on any atom is 0.326 e. The first kappa shape index (κ1) is 26.0. The Morgan fingerprint density at radius 2 is 1.92 bits per heavy atom. The molecule has 4 rings (SSSR count). The van der Waals surface area contributed by atoms with Crippen molar-refractivity contribution >= 4 is 52.7 Å². The molecule has 0 atom stereocenters. The van der Waals surface area contributed by atoms with E-state index < -0.39 is 11.1 Å². The van der Waals surface area contributed by atoms with Crippen molar-refractivity contribution in [1.29, 1.82) is 0 Å². The number of amides is 3. The lowest BCUT2D eigenvalue weighted by molar-refractivity contribution is 0.0947. The molecule has 0 unspecified atom stereocenters. The van der Waals surface area contributed by atoms with Gasteiger partial charge in [-0.05, 0) is 31.2 Å². The van der Waals surface area contributed by atoms with Crippen LogP contribution < -0.4 is 20.3 Å². The number of nitrogens with one attached hydrogen (secondary N) is 2. The normalized spacial score (nSPS) is 13.8. The van der Waals surface area contributed by atoms with E-state index in [9.17, 15) is 9.59 Å². The third-order valence-corrected chi connectivity index (χ3v) is 5.75. The van der Waals surface area contributed by atoms with Crippen molar-refractivity contribution in [2.24, 2.45) is 7.05 Å². The second-order valence-electron chi connectivity index (χ2n) is 10.1. The minimum atomic E-state index is -0.486. The zero-order valence-corrected chi connectivity index (χ0v) is 22.2. The largest absolute Gasteiger partial charge is 0.494 e. The second kappa shape index (κ2) is 10.2. The third-order valence-electron chi connectivity index (χ3n) is 5.75. The SMILES string of the molecule is BC(B)(B)NC(=O)c1nnc(N2CCN(C(C)C)C2=O)cc1Nc1cccc(-c2ncn(C)n2)c1OC. The average Bonchev–Trinajstić information content (AvgIpc) is 3.43. The smallest absolute Gasteiger partial charge is 0.326 e. The summed E-state index contributed by atoms with van der Waals surface area (Å²) in [7, 11) is 9.00. The molecule has 0 bridgehead atoms. The summed E-state index contributed by atoms with van der Waals surface area (Å²) in [4.78, 5) is 33.8. The van der Waals surface area contributed by atoms with Crippen LogP contribution >= 0.6 is 0 Å². The number of carbonyl (C=O) groups is 2. The molecule has 3 aromatic rings. The molecule has 3 heterocycles. The predicted molar refractivity (Wildman–Crippen MR) is 149 cm³/mol. The third kappa shape index (κ3) is 5.55. The number of aryl methyl sites for hydroxylation is 1. The number of nitrogens with zero attached hydrogens (tertiary/aromatic N) is 7. The van der Waals surface area contributed by atoms with Crippen LogP contribution in [0.2, 0.25) is 0 Å². The standard InChI is InChI=1S/C22H30B3N9O3/c1-12(2)33-8-9-34(21(33)36)16-10-15(17(30-29-16)20(35)28-22(23,24)25)27-14-7-5-6-13(18(14)37-4)19-26-11-32(3)31-19/h5-7,10-12H,8-9,23-25H2,1-4H3,(H,27,29)(H,28,35). The van der Waals surface area contributed by atoms with Crippen LogP contribution in [-0.4, -0.2) is 96.8 Å². The van der Waals surface area contributed by atoms with Gasteiger partial charge in [0.25, 0.3) is 5.91 Å². The van der Waals surface area contributed by atoms with Gasteiger partial charge in [0.1, 0.15) is 29.9 Å². The highest BCUT2D eigenvalue weighted by molar-refractivity contribution is 6.60. The van der Waals surface area contributed by atoms with E-state index in [-0.39, 0.29) is 17.8 Å². The van der Waals surface area contributed by atoms with Gasteiger partial charge in [-0.15, -0.1) is 10.2 Å². The van der Waals surface area contributed by atoms with Gasteiger partial charge in [0.2, 0.25) is 0 Å². The molecule has 15 heteroatoms. The summed E-state index contributed by atoms with van der Waals surface area (Å²) in [5.41, 5.74) is 1.73. The van der Waals surface area contributed by atoms with E-state index in [4.69, 9.17) is 4.74 Å². The van der Waals surface area contributed by atoms with E-state index in [1.165, 1.54) is 0 Å². The van der Waals surface area contributed by atoms with Gasteiger partial charge >= 0.3 is 6.03 Å². The van der Waals surface area contributed by atoms with E-state index in [1.807, 2.05) is 55.6 Å². The van der Waals surface area contributed by atoms with Gasteiger partial charge in [0.15, 0.2) is 23.1 Å². The van der Waals surface area contributed by atoms with Gasteiger partial charge in [-0.1, -0.05) is 6.07 Å². The Kier molecular flexibility index (Phi) is 7.15. The zero-order valence-electron chi connectivity index (χ0n) is 22.2. The fourth-order valence-corrected chi connectivity index (χ4v) is 4.06. The number of anilines is 3. The summed E-state index contributed by atoms with van der Waals surface area (Å²) in [6.07, 6.45) is 1.61. The lowest BCUT2D eigenvalue weighted by Gasteiger charge is -2.23. The topological polar surface area (TPSA) is 130 Å². The van der Waals surface area contributed by atoms with Crippen LogP contribution in [0.4, 0.5) is 22.0 Å². The molecular weight excluding hydrogens is 471 g/mol. The molecule has 3 amide bonds. The number of benzene rings is 1. The van der Waals surface area contributed by atoms with E-state index in [0.717, 1.165) is 0 Å². The van der Waals surface area contributed by atoms with Crippen molar-refractivity contribution < 1.29 is 14.3 Å². The Morgan fingerprint density at radius 1 is 1.16 bits per heavy atom. The van der Waals surface area contributed by atoms with E-state index in [0.29, 0.717) is 47.4 Å². The number of methoxy groups -OCH3 is 1. The Bertz CT molecular complexity index is 1330.